The van der Waals surface area contributed by atoms with Crippen LogP contribution < -0.4 is 4.74 Å². The molecule has 32 heavy (non-hydrogen) atoms. The fourth-order valence-corrected chi connectivity index (χ4v) is 4.29. The topological polar surface area (TPSA) is 66.4 Å². The third kappa shape index (κ3) is 17.4. The van der Waals surface area contributed by atoms with E-state index in [0.717, 1.165) is 5.75 Å². The summed E-state index contributed by atoms with van der Waals surface area (Å²) in [5.41, 5.74) is 0. The average Bonchev–Trinajstić information content (AvgIpc) is 2.78. The second-order valence-corrected chi connectivity index (χ2v) is 10.3. The number of hydrogen-bond acceptors (Lipinski definition) is 4. The van der Waals surface area contributed by atoms with Crippen molar-refractivity contribution in [3.8, 4) is 5.75 Å². The molecule has 0 heterocycles. The van der Waals surface area contributed by atoms with Gasteiger partial charge in [0.05, 0.1) is 42.9 Å². The second-order valence-electron chi connectivity index (χ2n) is 8.78. The van der Waals surface area contributed by atoms with Crippen LogP contribution in [0, 0.1) is 0 Å². The summed E-state index contributed by atoms with van der Waals surface area (Å²) in [6, 6.07) is 9.25. The quantitative estimate of drug-likeness (QED) is 0.141. The van der Waals surface area contributed by atoms with Gasteiger partial charge < -0.3 is 13.8 Å². The first kappa shape index (κ1) is 30.9. The molecule has 0 atom stereocenters. The van der Waals surface area contributed by atoms with Gasteiger partial charge in [0.1, 0.15) is 5.75 Å². The molecule has 0 radical (unpaired) electrons. The smallest absolute Gasteiger partial charge is 0.119 e. The van der Waals surface area contributed by atoms with Crippen LogP contribution in [0.15, 0.2) is 30.3 Å². The number of benzene rings is 1. The molecule has 5 nitrogen and oxygen atoms in total. The Hall–Kier alpha value is -1.11. The van der Waals surface area contributed by atoms with Crippen LogP contribution in [0.5, 0.6) is 5.75 Å². The van der Waals surface area contributed by atoms with Gasteiger partial charge in [0.25, 0.3) is 0 Å². The number of hydrogen-bond donors (Lipinski definition) is 0. The Balaban J connectivity index is 0.000000604. The fraction of sp³-hybridized carbons (Fsp3) is 0.769. The molecule has 0 saturated heterocycles. The maximum absolute atomic E-state index is 10.3. The monoisotopic (exact) mass is 471 g/mol. The number of para-hydroxylation sites is 1. The number of ether oxygens (including phenoxy) is 1. The van der Waals surface area contributed by atoms with Crippen LogP contribution in [0.25, 0.3) is 0 Å². The minimum Gasteiger partial charge on any atom is -0.748 e. The van der Waals surface area contributed by atoms with Gasteiger partial charge in [0.15, 0.2) is 0 Å². The van der Waals surface area contributed by atoms with Gasteiger partial charge in [0.2, 0.25) is 0 Å². The summed E-state index contributed by atoms with van der Waals surface area (Å²) in [4.78, 5) is 0. The average molecular weight is 472 g/mol. The van der Waals surface area contributed by atoms with Crippen LogP contribution >= 0.6 is 0 Å². The van der Waals surface area contributed by atoms with Crippen molar-refractivity contribution >= 4 is 10.1 Å². The molecule has 1 rings (SSSR count). The van der Waals surface area contributed by atoms with Gasteiger partial charge in [-0.15, -0.1) is 0 Å². The van der Waals surface area contributed by atoms with E-state index in [4.69, 9.17) is 4.74 Å². The highest BCUT2D eigenvalue weighted by Crippen LogP contribution is 2.16. The minimum atomic E-state index is -4.07. The summed E-state index contributed by atoms with van der Waals surface area (Å²) in [7, 11) is -4.07. The normalized spacial score (nSPS) is 11.7. The van der Waals surface area contributed by atoms with Gasteiger partial charge >= 0.3 is 0 Å². The van der Waals surface area contributed by atoms with E-state index in [9.17, 15) is 13.0 Å². The Morgan fingerprint density at radius 1 is 0.719 bits per heavy atom. The van der Waals surface area contributed by atoms with Crippen LogP contribution in [0.1, 0.15) is 91.9 Å². The summed E-state index contributed by atoms with van der Waals surface area (Å²) in [6.07, 6.45) is 12.0. The van der Waals surface area contributed by atoms with Gasteiger partial charge in [-0.1, -0.05) is 71.6 Å². The molecule has 0 aliphatic carbocycles. The Morgan fingerprint density at radius 3 is 1.53 bits per heavy atom. The van der Waals surface area contributed by atoms with Crippen molar-refractivity contribution in [2.75, 3.05) is 38.5 Å². The Labute approximate surface area is 198 Å². The van der Waals surface area contributed by atoms with E-state index in [0.29, 0.717) is 19.4 Å². The molecule has 0 bridgehead atoms. The highest BCUT2D eigenvalue weighted by atomic mass is 32.2. The number of quaternary nitrogens is 1. The van der Waals surface area contributed by atoms with Crippen molar-refractivity contribution in [1.82, 2.24) is 0 Å². The SMILES string of the molecule is CCCC[N+](CCCC)(CCCC)CCCC.O=S(=O)([O-])CCCCOc1ccccc1. The molecule has 0 spiro atoms. The minimum absolute atomic E-state index is 0.314. The molecule has 0 amide bonds. The molecule has 188 valence electrons. The molecule has 1 aromatic carbocycles. The summed E-state index contributed by atoms with van der Waals surface area (Å²) in [5, 5.41) is 0. The molecule has 0 fully saturated rings. The van der Waals surface area contributed by atoms with Gasteiger partial charge in [-0.2, -0.15) is 0 Å². The molecule has 0 unspecified atom stereocenters. The zero-order chi connectivity index (χ0) is 24.1. The first-order valence-corrected chi connectivity index (χ1v) is 14.4. The molecule has 0 N–H and O–H groups in total. The Bertz CT molecular complexity index is 597. The number of rotatable bonds is 18. The van der Waals surface area contributed by atoms with Gasteiger partial charge in [-0.3, -0.25) is 0 Å². The highest BCUT2D eigenvalue weighted by molar-refractivity contribution is 7.85. The number of nitrogens with zero attached hydrogens (tertiary/aromatic N) is 1. The third-order valence-corrected chi connectivity index (χ3v) is 6.53. The van der Waals surface area contributed by atoms with Crippen molar-refractivity contribution in [1.29, 1.82) is 0 Å². The lowest BCUT2D eigenvalue weighted by Gasteiger charge is -2.39. The van der Waals surface area contributed by atoms with Crippen molar-refractivity contribution in [3.05, 3.63) is 30.3 Å². The standard InChI is InChI=1S/C16H36N.C10H14O4S/c1-5-9-13-17(14-10-6-2,15-11-7-3)16-12-8-4;11-15(12,13)9-5-4-8-14-10-6-2-1-3-7-10/h5-16H2,1-4H3;1-3,6-7H,4-5,8-9H2,(H,11,12,13)/q+1;/p-1. The van der Waals surface area contributed by atoms with Crippen molar-refractivity contribution in [3.63, 3.8) is 0 Å². The predicted molar refractivity (Wildman–Crippen MR) is 135 cm³/mol. The predicted octanol–water partition coefficient (Wildman–Crippen LogP) is 6.39. The zero-order valence-electron chi connectivity index (χ0n) is 21.2. The largest absolute Gasteiger partial charge is 0.748 e. The van der Waals surface area contributed by atoms with E-state index in [1.54, 1.807) is 0 Å². The van der Waals surface area contributed by atoms with E-state index < -0.39 is 10.1 Å². The molecule has 1 aromatic rings. The van der Waals surface area contributed by atoms with Crippen LogP contribution in [0.2, 0.25) is 0 Å². The maximum Gasteiger partial charge on any atom is 0.119 e. The second kappa shape index (κ2) is 19.4. The van der Waals surface area contributed by atoms with Crippen LogP contribution in [-0.4, -0.2) is 56.0 Å². The van der Waals surface area contributed by atoms with Crippen LogP contribution in [0.3, 0.4) is 0 Å². The lowest BCUT2D eigenvalue weighted by atomic mass is 10.1. The Kier molecular flexibility index (Phi) is 18.7. The van der Waals surface area contributed by atoms with Crippen molar-refractivity contribution < 1.29 is 22.2 Å². The molecular weight excluding hydrogens is 422 g/mol. The molecule has 0 saturated carbocycles. The summed E-state index contributed by atoms with van der Waals surface area (Å²) >= 11 is 0. The van der Waals surface area contributed by atoms with E-state index in [1.165, 1.54) is 82.0 Å². The highest BCUT2D eigenvalue weighted by Gasteiger charge is 2.24. The van der Waals surface area contributed by atoms with Crippen molar-refractivity contribution in [2.45, 2.75) is 91.9 Å². The first-order valence-electron chi connectivity index (χ1n) is 12.8. The fourth-order valence-electron chi connectivity index (χ4n) is 3.73. The lowest BCUT2D eigenvalue weighted by molar-refractivity contribution is -0.929. The molecule has 0 aromatic heterocycles. The van der Waals surface area contributed by atoms with Crippen LogP contribution in [0.4, 0.5) is 0 Å². The van der Waals surface area contributed by atoms with Crippen LogP contribution in [-0.2, 0) is 10.1 Å². The Morgan fingerprint density at radius 2 is 1.16 bits per heavy atom. The number of unbranched alkanes of at least 4 members (excludes halogenated alkanes) is 5. The zero-order valence-corrected chi connectivity index (χ0v) is 22.0. The molecule has 6 heteroatoms. The first-order chi connectivity index (χ1) is 15.3. The van der Waals surface area contributed by atoms with Gasteiger partial charge in [-0.25, -0.2) is 8.42 Å². The van der Waals surface area contributed by atoms with E-state index in [-0.39, 0.29) is 5.75 Å². The van der Waals surface area contributed by atoms with E-state index in [1.807, 2.05) is 30.3 Å². The van der Waals surface area contributed by atoms with E-state index in [2.05, 4.69) is 27.7 Å². The summed E-state index contributed by atoms with van der Waals surface area (Å²) < 4.78 is 37.5. The van der Waals surface area contributed by atoms with Gasteiger partial charge in [0, 0.05) is 5.75 Å². The molecular formula is C26H49NO4S. The molecule has 0 aliphatic rings. The van der Waals surface area contributed by atoms with E-state index >= 15 is 0 Å². The lowest BCUT2D eigenvalue weighted by Crippen LogP contribution is -2.50. The summed E-state index contributed by atoms with van der Waals surface area (Å²) in [6.45, 7) is 15.4. The third-order valence-electron chi connectivity index (χ3n) is 5.74. The molecule has 0 aliphatic heterocycles. The summed E-state index contributed by atoms with van der Waals surface area (Å²) in [5.74, 6) is 0.438. The van der Waals surface area contributed by atoms with Gasteiger partial charge in [-0.05, 0) is 50.7 Å². The maximum atomic E-state index is 10.3. The van der Waals surface area contributed by atoms with Crippen molar-refractivity contribution in [2.24, 2.45) is 0 Å².